The Labute approximate surface area is 110 Å². The highest BCUT2D eigenvalue weighted by Gasteiger charge is 2.28. The van der Waals surface area contributed by atoms with E-state index in [1.165, 1.54) is 0 Å². The number of rotatable bonds is 6. The van der Waals surface area contributed by atoms with Crippen LogP contribution in [0.1, 0.15) is 0 Å². The van der Waals surface area contributed by atoms with Gasteiger partial charge in [0.1, 0.15) is 24.6 Å². The fraction of sp³-hybridized carbons (Fsp3) is 0.200. The molecule has 1 aromatic carbocycles. The second-order valence-corrected chi connectivity index (χ2v) is 3.66. The first-order valence-corrected chi connectivity index (χ1v) is 5.04. The Kier molecular flexibility index (Phi) is 4.51. The highest BCUT2D eigenvalue weighted by molar-refractivity contribution is 5.81. The molecule has 108 valence electrons. The topological polar surface area (TPSA) is 121 Å². The molecule has 0 amide bonds. The quantitative estimate of drug-likeness (QED) is 0.588. The van der Waals surface area contributed by atoms with Crippen LogP contribution in [0.25, 0.3) is 0 Å². The summed E-state index contributed by atoms with van der Waals surface area (Å²) in [6.45, 7) is -1.92. The number of hydrogen-bond acceptors (Lipinski definition) is 5. The van der Waals surface area contributed by atoms with Crippen LogP contribution in [-0.2, 0) is 9.59 Å². The fourth-order valence-corrected chi connectivity index (χ4v) is 1.53. The van der Waals surface area contributed by atoms with Crippen LogP contribution in [0.15, 0.2) is 12.1 Å². The van der Waals surface area contributed by atoms with Gasteiger partial charge in [-0.25, -0.2) is 4.39 Å². The minimum atomic E-state index is -1.52. The molecule has 0 unspecified atom stereocenters. The van der Waals surface area contributed by atoms with Crippen LogP contribution in [0.3, 0.4) is 0 Å². The molecule has 0 aromatic heterocycles. The third kappa shape index (κ3) is 3.60. The molecule has 0 bridgehead atoms. The van der Waals surface area contributed by atoms with Gasteiger partial charge in [-0.05, 0) is 0 Å². The van der Waals surface area contributed by atoms with Crippen LogP contribution >= 0.6 is 0 Å². The summed E-state index contributed by atoms with van der Waals surface area (Å²) in [5.41, 5.74) is -1.94. The number of anilines is 1. The van der Waals surface area contributed by atoms with Crippen LogP contribution in [0, 0.1) is 21.7 Å². The molecule has 0 fully saturated rings. The first-order valence-electron chi connectivity index (χ1n) is 5.04. The van der Waals surface area contributed by atoms with E-state index in [0.717, 1.165) is 0 Å². The van der Waals surface area contributed by atoms with Crippen molar-refractivity contribution in [2.75, 3.05) is 18.0 Å². The Morgan fingerprint density at radius 3 is 2.10 bits per heavy atom. The van der Waals surface area contributed by atoms with E-state index in [4.69, 9.17) is 10.2 Å². The lowest BCUT2D eigenvalue weighted by molar-refractivity contribution is -0.386. The van der Waals surface area contributed by atoms with Crippen molar-refractivity contribution in [3.8, 4) is 0 Å². The van der Waals surface area contributed by atoms with Gasteiger partial charge in [-0.15, -0.1) is 0 Å². The Bertz CT molecular complexity index is 561. The monoisotopic (exact) mass is 290 g/mol. The number of nitrogens with zero attached hydrogens (tertiary/aromatic N) is 2. The number of carboxylic acids is 2. The summed E-state index contributed by atoms with van der Waals surface area (Å²) in [4.78, 5) is 31.3. The van der Waals surface area contributed by atoms with Gasteiger partial charge in [0.2, 0.25) is 5.82 Å². The summed E-state index contributed by atoms with van der Waals surface area (Å²) in [5, 5.41) is 28.0. The van der Waals surface area contributed by atoms with Gasteiger partial charge >= 0.3 is 17.6 Å². The lowest BCUT2D eigenvalue weighted by atomic mass is 10.2. The Hall–Kier alpha value is -2.78. The summed E-state index contributed by atoms with van der Waals surface area (Å²) in [6, 6.07) is 0.758. The van der Waals surface area contributed by atoms with Gasteiger partial charge in [0.05, 0.1) is 4.92 Å². The minimum absolute atomic E-state index is 0.251. The van der Waals surface area contributed by atoms with E-state index >= 15 is 0 Å². The zero-order valence-corrected chi connectivity index (χ0v) is 9.75. The normalized spacial score (nSPS) is 10.1. The average molecular weight is 290 g/mol. The van der Waals surface area contributed by atoms with Crippen molar-refractivity contribution in [2.45, 2.75) is 0 Å². The Morgan fingerprint density at radius 2 is 1.70 bits per heavy atom. The van der Waals surface area contributed by atoms with Crippen molar-refractivity contribution in [3.63, 3.8) is 0 Å². The summed E-state index contributed by atoms with van der Waals surface area (Å²) in [7, 11) is 0. The predicted molar refractivity (Wildman–Crippen MR) is 60.5 cm³/mol. The number of carbonyl (C=O) groups is 2. The summed E-state index contributed by atoms with van der Waals surface area (Å²) in [5.74, 6) is -5.73. The molecule has 0 aliphatic carbocycles. The summed E-state index contributed by atoms with van der Waals surface area (Å²) < 4.78 is 26.5. The molecular formula is C10H8F2N2O6. The number of nitro benzene ring substituents is 1. The summed E-state index contributed by atoms with van der Waals surface area (Å²) in [6.07, 6.45) is 0. The number of benzene rings is 1. The molecule has 0 spiro atoms. The summed E-state index contributed by atoms with van der Waals surface area (Å²) >= 11 is 0. The molecule has 0 aliphatic rings. The first-order chi connectivity index (χ1) is 9.22. The van der Waals surface area contributed by atoms with Crippen LogP contribution in [0.2, 0.25) is 0 Å². The highest BCUT2D eigenvalue weighted by atomic mass is 19.1. The molecule has 0 radical (unpaired) electrons. The third-order valence-corrected chi connectivity index (χ3v) is 2.18. The molecule has 0 saturated heterocycles. The molecule has 2 N–H and O–H groups in total. The third-order valence-electron chi connectivity index (χ3n) is 2.18. The van der Waals surface area contributed by atoms with Crippen LogP contribution < -0.4 is 4.90 Å². The van der Waals surface area contributed by atoms with Crippen LogP contribution in [0.5, 0.6) is 0 Å². The van der Waals surface area contributed by atoms with Gasteiger partial charge in [-0.2, -0.15) is 4.39 Å². The smallest absolute Gasteiger partial charge is 0.328 e. The maximum atomic E-state index is 13.4. The number of nitro groups is 1. The maximum Gasteiger partial charge on any atom is 0.328 e. The first kappa shape index (κ1) is 15.3. The average Bonchev–Trinajstić information content (AvgIpc) is 2.24. The van der Waals surface area contributed by atoms with E-state index in [-0.39, 0.29) is 6.07 Å². The van der Waals surface area contributed by atoms with Gasteiger partial charge in [-0.3, -0.25) is 19.7 Å². The van der Waals surface area contributed by atoms with Crippen LogP contribution in [0.4, 0.5) is 20.2 Å². The molecular weight excluding hydrogens is 282 g/mol. The molecule has 0 heterocycles. The van der Waals surface area contributed by atoms with Crippen LogP contribution in [-0.4, -0.2) is 40.2 Å². The number of halogens is 2. The van der Waals surface area contributed by atoms with Crippen molar-refractivity contribution >= 4 is 23.3 Å². The molecule has 0 atom stereocenters. The lowest BCUT2D eigenvalue weighted by Gasteiger charge is -2.20. The molecule has 1 aromatic rings. The molecule has 8 nitrogen and oxygen atoms in total. The second kappa shape index (κ2) is 5.91. The van der Waals surface area contributed by atoms with E-state index in [9.17, 15) is 28.5 Å². The van der Waals surface area contributed by atoms with Gasteiger partial charge in [0, 0.05) is 12.1 Å². The molecule has 10 heteroatoms. The molecule has 0 aliphatic heterocycles. The number of aliphatic carboxylic acids is 2. The van der Waals surface area contributed by atoms with Gasteiger partial charge in [0.25, 0.3) is 0 Å². The standard InChI is InChI=1S/C10H8F2N2O6/c11-5-1-6(12)10(14(19)20)7(2-5)13(3-8(15)16)4-9(17)18/h1-2H,3-4H2,(H,15,16)(H,17,18). The fourth-order valence-electron chi connectivity index (χ4n) is 1.53. The minimum Gasteiger partial charge on any atom is -0.480 e. The SMILES string of the molecule is O=C(O)CN(CC(=O)O)c1cc(F)cc(F)c1[N+](=O)[O-]. The van der Waals surface area contributed by atoms with E-state index < -0.39 is 53.0 Å². The van der Waals surface area contributed by atoms with Crippen molar-refractivity contribution in [1.29, 1.82) is 0 Å². The van der Waals surface area contributed by atoms with Crippen molar-refractivity contribution in [1.82, 2.24) is 0 Å². The van der Waals surface area contributed by atoms with Crippen molar-refractivity contribution in [2.24, 2.45) is 0 Å². The van der Waals surface area contributed by atoms with Gasteiger partial charge in [-0.1, -0.05) is 0 Å². The zero-order chi connectivity index (χ0) is 15.4. The van der Waals surface area contributed by atoms with E-state index in [0.29, 0.717) is 11.0 Å². The zero-order valence-electron chi connectivity index (χ0n) is 9.75. The molecule has 20 heavy (non-hydrogen) atoms. The van der Waals surface area contributed by atoms with Crippen molar-refractivity contribution in [3.05, 3.63) is 33.9 Å². The van der Waals surface area contributed by atoms with Gasteiger partial charge < -0.3 is 15.1 Å². The molecule has 1 rings (SSSR count). The van der Waals surface area contributed by atoms with E-state index in [1.54, 1.807) is 0 Å². The lowest BCUT2D eigenvalue weighted by Crippen LogP contribution is -2.35. The predicted octanol–water partition coefficient (Wildman–Crippen LogP) is 0.849. The highest BCUT2D eigenvalue weighted by Crippen LogP contribution is 2.31. The van der Waals surface area contributed by atoms with E-state index in [2.05, 4.69) is 0 Å². The number of carboxylic acid groups (broad SMARTS) is 2. The molecule has 0 saturated carbocycles. The van der Waals surface area contributed by atoms with Crippen molar-refractivity contribution < 1.29 is 33.5 Å². The Morgan fingerprint density at radius 1 is 1.20 bits per heavy atom. The Balaban J connectivity index is 3.40. The largest absolute Gasteiger partial charge is 0.480 e. The van der Waals surface area contributed by atoms with Gasteiger partial charge in [0.15, 0.2) is 0 Å². The number of hydrogen-bond donors (Lipinski definition) is 2. The maximum absolute atomic E-state index is 13.4. The second-order valence-electron chi connectivity index (χ2n) is 3.66. The van der Waals surface area contributed by atoms with E-state index in [1.807, 2.05) is 0 Å².